The van der Waals surface area contributed by atoms with Crippen LogP contribution in [0.3, 0.4) is 0 Å². The van der Waals surface area contributed by atoms with Gasteiger partial charge in [-0.05, 0) is 71.8 Å². The van der Waals surface area contributed by atoms with E-state index in [1.165, 1.54) is 0 Å². The van der Waals surface area contributed by atoms with E-state index in [9.17, 15) is 0 Å². The van der Waals surface area contributed by atoms with Crippen LogP contribution in [0.2, 0.25) is 5.02 Å². The molecule has 5 aromatic rings. The van der Waals surface area contributed by atoms with Gasteiger partial charge >= 0.3 is 0 Å². The third-order valence-electron chi connectivity index (χ3n) is 5.34. The topological polar surface area (TPSA) is 60.2 Å². The quantitative estimate of drug-likeness (QED) is 0.215. The van der Waals surface area contributed by atoms with Gasteiger partial charge in [-0.1, -0.05) is 35.9 Å². The smallest absolute Gasteiger partial charge is 0.119 e. The van der Waals surface area contributed by atoms with Gasteiger partial charge in [0.05, 0.1) is 23.8 Å². The molecule has 160 valence electrons. The Bertz CT molecular complexity index is 1400. The Morgan fingerprint density at radius 3 is 2.16 bits per heavy atom. The average molecular weight is 462 g/mol. The number of hydrogen-bond donors (Lipinski definition) is 2. The zero-order valence-corrected chi connectivity index (χ0v) is 18.9. The number of nitrogens with two attached hydrogens (primary N) is 1. The van der Waals surface area contributed by atoms with Gasteiger partial charge in [-0.3, -0.25) is 0 Å². The van der Waals surface area contributed by atoms with Crippen molar-refractivity contribution in [1.29, 1.82) is 0 Å². The van der Waals surface area contributed by atoms with Crippen LogP contribution in [0, 0.1) is 0 Å². The zero-order chi connectivity index (χ0) is 21.4. The van der Waals surface area contributed by atoms with E-state index in [0.29, 0.717) is 5.02 Å². The van der Waals surface area contributed by atoms with Gasteiger partial charge in [0.25, 0.3) is 0 Å². The summed E-state index contributed by atoms with van der Waals surface area (Å²) < 4.78 is 5.45. The Kier molecular flexibility index (Phi) is 6.08. The third-order valence-corrected chi connectivity index (χ3v) is 5.58. The first kappa shape index (κ1) is 21.8. The fourth-order valence-electron chi connectivity index (χ4n) is 3.72. The lowest BCUT2D eigenvalue weighted by Gasteiger charge is -2.15. The summed E-state index contributed by atoms with van der Waals surface area (Å²) in [4.78, 5) is 4.79. The summed E-state index contributed by atoms with van der Waals surface area (Å²) in [7, 11) is 1.67. The van der Waals surface area contributed by atoms with Crippen LogP contribution >= 0.6 is 24.0 Å². The highest BCUT2D eigenvalue weighted by atomic mass is 35.5. The van der Waals surface area contributed by atoms with E-state index < -0.39 is 0 Å². The first-order valence-corrected chi connectivity index (χ1v) is 10.3. The number of nitrogens with one attached hydrogen (secondary N) is 1. The number of methoxy groups -OCH3 is 1. The number of fused-ring (bicyclic) bond motifs is 2. The normalized spacial score (nSPS) is 10.7. The predicted octanol–water partition coefficient (Wildman–Crippen LogP) is 7.46. The predicted molar refractivity (Wildman–Crippen MR) is 138 cm³/mol. The van der Waals surface area contributed by atoms with E-state index in [-0.39, 0.29) is 12.4 Å². The molecule has 0 unspecified atom stereocenters. The van der Waals surface area contributed by atoms with Gasteiger partial charge in [0.1, 0.15) is 5.75 Å². The number of halogens is 2. The lowest BCUT2D eigenvalue weighted by atomic mass is 10.0. The summed E-state index contributed by atoms with van der Waals surface area (Å²) in [6, 6.07) is 27.8. The van der Waals surface area contributed by atoms with E-state index in [1.807, 2.05) is 60.7 Å². The molecule has 0 atom stereocenters. The van der Waals surface area contributed by atoms with Gasteiger partial charge in [-0.25, -0.2) is 4.98 Å². The molecule has 0 aliphatic rings. The highest BCUT2D eigenvalue weighted by molar-refractivity contribution is 6.31. The summed E-state index contributed by atoms with van der Waals surface area (Å²) in [6.07, 6.45) is 0. The molecular formula is C26H21Cl2N3O. The van der Waals surface area contributed by atoms with E-state index >= 15 is 0 Å². The standard InChI is InChI=1S/C26H20ClN3O.ClH/c1-31-21-11-13-24-23(15-21)26(22-12-6-18(27)14-25(22)30-24)29-20-9-4-17(5-10-20)16-2-7-19(28)8-3-16;/h2-15H,28H2,1H3,(H,29,30);1H. The van der Waals surface area contributed by atoms with E-state index in [1.54, 1.807) is 7.11 Å². The molecular weight excluding hydrogens is 441 g/mol. The van der Waals surface area contributed by atoms with Gasteiger partial charge in [-0.15, -0.1) is 12.4 Å². The molecule has 1 heterocycles. The van der Waals surface area contributed by atoms with Crippen LogP contribution < -0.4 is 15.8 Å². The van der Waals surface area contributed by atoms with E-state index in [0.717, 1.165) is 55.7 Å². The van der Waals surface area contributed by atoms with Crippen molar-refractivity contribution in [1.82, 2.24) is 4.98 Å². The maximum absolute atomic E-state index is 6.23. The van der Waals surface area contributed by atoms with E-state index in [4.69, 9.17) is 27.1 Å². The Hall–Kier alpha value is -3.47. The van der Waals surface area contributed by atoms with E-state index in [2.05, 4.69) is 29.6 Å². The van der Waals surface area contributed by atoms with Crippen molar-refractivity contribution in [2.75, 3.05) is 18.2 Å². The lowest BCUT2D eigenvalue weighted by molar-refractivity contribution is 0.415. The molecule has 1 aromatic heterocycles. The summed E-state index contributed by atoms with van der Waals surface area (Å²) in [5, 5.41) is 6.23. The minimum atomic E-state index is 0. The van der Waals surface area contributed by atoms with Crippen LogP contribution in [0.15, 0.2) is 84.9 Å². The van der Waals surface area contributed by atoms with Crippen molar-refractivity contribution < 1.29 is 4.74 Å². The molecule has 0 radical (unpaired) electrons. The fourth-order valence-corrected chi connectivity index (χ4v) is 3.89. The number of hydrogen-bond acceptors (Lipinski definition) is 4. The average Bonchev–Trinajstić information content (AvgIpc) is 2.79. The van der Waals surface area contributed by atoms with Crippen LogP contribution in [0.25, 0.3) is 32.9 Å². The molecule has 3 N–H and O–H groups in total. The van der Waals surface area contributed by atoms with Crippen molar-refractivity contribution in [3.8, 4) is 16.9 Å². The van der Waals surface area contributed by atoms with Crippen molar-refractivity contribution in [2.45, 2.75) is 0 Å². The van der Waals surface area contributed by atoms with Crippen LogP contribution in [-0.2, 0) is 0 Å². The van der Waals surface area contributed by atoms with Crippen LogP contribution in [0.1, 0.15) is 0 Å². The number of benzene rings is 4. The SMILES string of the molecule is COc1ccc2nc3cc(Cl)ccc3c(Nc3ccc(-c4ccc(N)cc4)cc3)c2c1.Cl. The zero-order valence-electron chi connectivity index (χ0n) is 17.3. The van der Waals surface area contributed by atoms with Crippen molar-refractivity contribution >= 4 is 62.9 Å². The third kappa shape index (κ3) is 4.15. The van der Waals surface area contributed by atoms with Gasteiger partial charge < -0.3 is 15.8 Å². The Labute approximate surface area is 197 Å². The molecule has 0 saturated heterocycles. The summed E-state index contributed by atoms with van der Waals surface area (Å²) in [5.74, 6) is 0.782. The minimum Gasteiger partial charge on any atom is -0.497 e. The molecule has 5 rings (SSSR count). The van der Waals surface area contributed by atoms with Crippen molar-refractivity contribution in [3.63, 3.8) is 0 Å². The highest BCUT2D eigenvalue weighted by Gasteiger charge is 2.11. The monoisotopic (exact) mass is 461 g/mol. The Morgan fingerprint density at radius 2 is 1.47 bits per heavy atom. The van der Waals surface area contributed by atoms with Crippen LogP contribution in [-0.4, -0.2) is 12.1 Å². The molecule has 0 aliphatic carbocycles. The first-order valence-electron chi connectivity index (χ1n) is 9.91. The molecule has 0 saturated carbocycles. The molecule has 6 heteroatoms. The number of ether oxygens (including phenoxy) is 1. The van der Waals surface area contributed by atoms with Gasteiger partial charge in [0, 0.05) is 27.2 Å². The largest absolute Gasteiger partial charge is 0.497 e. The van der Waals surface area contributed by atoms with Crippen LogP contribution in [0.5, 0.6) is 5.75 Å². The molecule has 0 amide bonds. The summed E-state index contributed by atoms with van der Waals surface area (Å²) >= 11 is 6.23. The minimum absolute atomic E-state index is 0. The number of rotatable bonds is 4. The van der Waals surface area contributed by atoms with Gasteiger partial charge in [0.2, 0.25) is 0 Å². The number of pyridine rings is 1. The van der Waals surface area contributed by atoms with Gasteiger partial charge in [0.15, 0.2) is 0 Å². The molecule has 0 bridgehead atoms. The highest BCUT2D eigenvalue weighted by Crippen LogP contribution is 2.36. The Morgan fingerprint density at radius 1 is 0.781 bits per heavy atom. The van der Waals surface area contributed by atoms with Crippen molar-refractivity contribution in [3.05, 3.63) is 90.0 Å². The second kappa shape index (κ2) is 8.95. The summed E-state index contributed by atoms with van der Waals surface area (Å²) in [6.45, 7) is 0. The number of nitrogen functional groups attached to an aromatic ring is 1. The maximum atomic E-state index is 6.23. The Balaban J connectivity index is 0.00000245. The summed E-state index contributed by atoms with van der Waals surface area (Å²) in [5.41, 5.74) is 12.5. The second-order valence-electron chi connectivity index (χ2n) is 7.36. The number of aromatic nitrogens is 1. The molecule has 0 aliphatic heterocycles. The molecule has 0 fully saturated rings. The first-order chi connectivity index (χ1) is 15.1. The molecule has 32 heavy (non-hydrogen) atoms. The lowest BCUT2D eigenvalue weighted by Crippen LogP contribution is -1.96. The van der Waals surface area contributed by atoms with Crippen LogP contribution in [0.4, 0.5) is 17.1 Å². The fraction of sp³-hybridized carbons (Fsp3) is 0.0385. The number of nitrogens with zero attached hydrogens (tertiary/aromatic N) is 1. The van der Waals surface area contributed by atoms with Gasteiger partial charge in [-0.2, -0.15) is 0 Å². The molecule has 4 aromatic carbocycles. The maximum Gasteiger partial charge on any atom is 0.119 e. The molecule has 4 nitrogen and oxygen atoms in total. The second-order valence-corrected chi connectivity index (χ2v) is 7.79. The number of anilines is 3. The molecule has 0 spiro atoms. The van der Waals surface area contributed by atoms with Crippen molar-refractivity contribution in [2.24, 2.45) is 0 Å².